The molecule has 0 saturated carbocycles. The summed E-state index contributed by atoms with van der Waals surface area (Å²) in [6.07, 6.45) is 1.84. The first kappa shape index (κ1) is 15.0. The van der Waals surface area contributed by atoms with Crippen molar-refractivity contribution in [3.05, 3.63) is 50.8 Å². The van der Waals surface area contributed by atoms with Crippen molar-refractivity contribution in [3.63, 3.8) is 0 Å². The Morgan fingerprint density at radius 1 is 1.24 bits per heavy atom. The molecule has 21 heavy (non-hydrogen) atoms. The highest BCUT2D eigenvalue weighted by Gasteiger charge is 2.20. The van der Waals surface area contributed by atoms with Crippen molar-refractivity contribution in [1.29, 1.82) is 0 Å². The van der Waals surface area contributed by atoms with Crippen molar-refractivity contribution in [1.82, 2.24) is 14.5 Å². The second-order valence-electron chi connectivity index (χ2n) is 4.85. The van der Waals surface area contributed by atoms with Gasteiger partial charge in [0.1, 0.15) is 11.3 Å². The van der Waals surface area contributed by atoms with Crippen LogP contribution in [0.15, 0.2) is 39.4 Å². The maximum Gasteiger partial charge on any atom is 0.164 e. The van der Waals surface area contributed by atoms with E-state index in [2.05, 4.69) is 41.8 Å². The summed E-state index contributed by atoms with van der Waals surface area (Å²) in [5, 5.41) is -0.224. The van der Waals surface area contributed by atoms with Crippen LogP contribution in [0, 0.1) is 6.92 Å². The average molecular weight is 430 g/mol. The molecular formula is C15H12Br2ClN3. The lowest BCUT2D eigenvalue weighted by Gasteiger charge is -2.13. The van der Waals surface area contributed by atoms with Gasteiger partial charge in [0.2, 0.25) is 0 Å². The number of hydrogen-bond donors (Lipinski definition) is 0. The number of alkyl halides is 1. The van der Waals surface area contributed by atoms with E-state index in [9.17, 15) is 0 Å². The minimum atomic E-state index is -0.224. The van der Waals surface area contributed by atoms with Crippen molar-refractivity contribution in [2.24, 2.45) is 0 Å². The summed E-state index contributed by atoms with van der Waals surface area (Å²) in [7, 11) is 0. The summed E-state index contributed by atoms with van der Waals surface area (Å²) in [6.45, 7) is 3.92. The van der Waals surface area contributed by atoms with Gasteiger partial charge in [-0.3, -0.25) is 4.57 Å². The molecule has 108 valence electrons. The van der Waals surface area contributed by atoms with Gasteiger partial charge in [0.25, 0.3) is 0 Å². The van der Waals surface area contributed by atoms with Gasteiger partial charge in [-0.05, 0) is 69.5 Å². The van der Waals surface area contributed by atoms with Gasteiger partial charge in [-0.25, -0.2) is 9.97 Å². The predicted octanol–water partition coefficient (Wildman–Crippen LogP) is 5.55. The third-order valence-corrected chi connectivity index (χ3v) is 4.65. The normalized spacial score (nSPS) is 12.8. The highest BCUT2D eigenvalue weighted by atomic mass is 79.9. The van der Waals surface area contributed by atoms with E-state index in [1.54, 1.807) is 0 Å². The van der Waals surface area contributed by atoms with Crippen molar-refractivity contribution >= 4 is 54.6 Å². The zero-order valence-electron chi connectivity index (χ0n) is 11.4. The van der Waals surface area contributed by atoms with E-state index in [1.807, 2.05) is 48.9 Å². The number of fused-ring (bicyclic) bond motifs is 1. The van der Waals surface area contributed by atoms with E-state index in [0.29, 0.717) is 0 Å². The molecule has 0 aliphatic rings. The van der Waals surface area contributed by atoms with Crippen LogP contribution in [0.25, 0.3) is 16.9 Å². The summed E-state index contributed by atoms with van der Waals surface area (Å²) in [4.78, 5) is 9.20. The van der Waals surface area contributed by atoms with Gasteiger partial charge in [-0.1, -0.05) is 6.07 Å². The Labute approximate surface area is 144 Å². The Morgan fingerprint density at radius 2 is 1.90 bits per heavy atom. The van der Waals surface area contributed by atoms with E-state index >= 15 is 0 Å². The molecule has 6 heteroatoms. The fraction of sp³-hybridized carbons (Fsp3) is 0.200. The Bertz CT molecular complexity index is 807. The maximum atomic E-state index is 6.33. The Kier molecular flexibility index (Phi) is 4.08. The molecule has 2 aromatic heterocycles. The lowest BCUT2D eigenvalue weighted by atomic mass is 10.3. The number of imidazole rings is 1. The van der Waals surface area contributed by atoms with Gasteiger partial charge in [-0.2, -0.15) is 0 Å². The minimum absolute atomic E-state index is 0.224. The molecule has 2 heterocycles. The summed E-state index contributed by atoms with van der Waals surface area (Å²) >= 11 is 13.5. The molecule has 3 rings (SSSR count). The van der Waals surface area contributed by atoms with E-state index < -0.39 is 0 Å². The second-order valence-corrected chi connectivity index (χ2v) is 7.21. The van der Waals surface area contributed by atoms with Crippen LogP contribution in [0.4, 0.5) is 0 Å². The van der Waals surface area contributed by atoms with Crippen molar-refractivity contribution < 1.29 is 0 Å². The fourth-order valence-corrected chi connectivity index (χ4v) is 3.77. The topological polar surface area (TPSA) is 30.7 Å². The summed E-state index contributed by atoms with van der Waals surface area (Å²) in [6, 6.07) is 7.97. The molecule has 0 radical (unpaired) electrons. The molecule has 0 N–H and O–H groups in total. The molecule has 0 amide bonds. The van der Waals surface area contributed by atoms with Crippen LogP contribution in [-0.4, -0.2) is 14.5 Å². The summed E-state index contributed by atoms with van der Waals surface area (Å²) < 4.78 is 3.91. The number of nitrogens with zero attached hydrogens (tertiary/aromatic N) is 3. The van der Waals surface area contributed by atoms with Crippen LogP contribution in [-0.2, 0) is 0 Å². The highest BCUT2D eigenvalue weighted by Crippen LogP contribution is 2.35. The van der Waals surface area contributed by atoms with Crippen LogP contribution in [0.5, 0.6) is 0 Å². The van der Waals surface area contributed by atoms with Gasteiger partial charge >= 0.3 is 0 Å². The Morgan fingerprint density at radius 3 is 2.52 bits per heavy atom. The van der Waals surface area contributed by atoms with Crippen molar-refractivity contribution in [2.75, 3.05) is 0 Å². The second kappa shape index (κ2) is 5.71. The van der Waals surface area contributed by atoms with Gasteiger partial charge in [0, 0.05) is 15.1 Å². The van der Waals surface area contributed by atoms with Crippen LogP contribution >= 0.6 is 43.5 Å². The number of aromatic nitrogens is 3. The summed E-state index contributed by atoms with van der Waals surface area (Å²) in [5.74, 6) is 0.775. The monoisotopic (exact) mass is 427 g/mol. The molecule has 3 nitrogen and oxygen atoms in total. The maximum absolute atomic E-state index is 6.33. The van der Waals surface area contributed by atoms with Gasteiger partial charge < -0.3 is 0 Å². The number of hydrogen-bond acceptors (Lipinski definition) is 2. The lowest BCUT2D eigenvalue weighted by Crippen LogP contribution is -2.04. The molecule has 1 unspecified atom stereocenters. The SMILES string of the molecule is Cc1cnc2c(c1)nc(C(C)Cl)n2-c1c(Br)cccc1Br. The molecule has 0 saturated heterocycles. The zero-order chi connectivity index (χ0) is 15.1. The molecule has 1 aromatic carbocycles. The molecule has 0 aliphatic carbocycles. The molecule has 0 spiro atoms. The first-order valence-corrected chi connectivity index (χ1v) is 8.44. The highest BCUT2D eigenvalue weighted by molar-refractivity contribution is 9.11. The lowest BCUT2D eigenvalue weighted by molar-refractivity contribution is 0.872. The fourth-order valence-electron chi connectivity index (χ4n) is 2.27. The Balaban J connectivity index is 2.42. The van der Waals surface area contributed by atoms with Crippen LogP contribution in [0.1, 0.15) is 23.7 Å². The van der Waals surface area contributed by atoms with E-state index in [1.165, 1.54) is 0 Å². The van der Waals surface area contributed by atoms with Crippen LogP contribution in [0.3, 0.4) is 0 Å². The minimum Gasteiger partial charge on any atom is -0.277 e. The molecule has 1 atom stereocenters. The number of para-hydroxylation sites is 1. The smallest absolute Gasteiger partial charge is 0.164 e. The number of rotatable bonds is 2. The third kappa shape index (κ3) is 2.62. The standard InChI is InChI=1S/C15H12Br2ClN3/c1-8-6-12-15(19-7-8)21(14(20-12)9(2)18)13-10(16)4-3-5-11(13)17/h3-7,9H,1-2H3. The van der Waals surface area contributed by atoms with E-state index in [-0.39, 0.29) is 5.38 Å². The zero-order valence-corrected chi connectivity index (χ0v) is 15.4. The molecule has 3 aromatic rings. The Hall–Kier alpha value is -0.910. The van der Waals surface area contributed by atoms with Crippen molar-refractivity contribution in [3.8, 4) is 5.69 Å². The number of halogens is 3. The number of pyridine rings is 1. The average Bonchev–Trinajstić information content (AvgIpc) is 2.77. The molecule has 0 aliphatic heterocycles. The third-order valence-electron chi connectivity index (χ3n) is 3.18. The number of aryl methyl sites for hydroxylation is 1. The molecular weight excluding hydrogens is 417 g/mol. The van der Waals surface area contributed by atoms with E-state index in [4.69, 9.17) is 11.6 Å². The molecule has 0 bridgehead atoms. The summed E-state index contributed by atoms with van der Waals surface area (Å²) in [5.41, 5.74) is 3.68. The largest absolute Gasteiger partial charge is 0.277 e. The number of benzene rings is 1. The van der Waals surface area contributed by atoms with Crippen molar-refractivity contribution in [2.45, 2.75) is 19.2 Å². The molecule has 0 fully saturated rings. The quantitative estimate of drug-likeness (QED) is 0.500. The van der Waals surface area contributed by atoms with Crippen LogP contribution < -0.4 is 0 Å². The van der Waals surface area contributed by atoms with E-state index in [0.717, 1.165) is 37.2 Å². The van der Waals surface area contributed by atoms with Crippen LogP contribution in [0.2, 0.25) is 0 Å². The van der Waals surface area contributed by atoms with Gasteiger partial charge in [0.05, 0.1) is 11.1 Å². The predicted molar refractivity (Wildman–Crippen MR) is 93.3 cm³/mol. The first-order chi connectivity index (χ1) is 9.99. The van der Waals surface area contributed by atoms with Gasteiger partial charge in [-0.15, -0.1) is 11.6 Å². The first-order valence-electron chi connectivity index (χ1n) is 6.42. The van der Waals surface area contributed by atoms with Gasteiger partial charge in [0.15, 0.2) is 5.65 Å².